The second-order valence-electron chi connectivity index (χ2n) is 5.85. The predicted octanol–water partition coefficient (Wildman–Crippen LogP) is 1.45. The number of nitrogens with zero attached hydrogens (tertiary/aromatic N) is 1. The van der Waals surface area contributed by atoms with Gasteiger partial charge in [0.15, 0.2) is 0 Å². The molecule has 0 fully saturated rings. The highest BCUT2D eigenvalue weighted by Gasteiger charge is 2.15. The zero-order chi connectivity index (χ0) is 14.1. The van der Waals surface area contributed by atoms with Gasteiger partial charge in [0.1, 0.15) is 0 Å². The first-order chi connectivity index (χ1) is 8.36. The summed E-state index contributed by atoms with van der Waals surface area (Å²) in [4.78, 5) is 13.9. The lowest BCUT2D eigenvalue weighted by molar-refractivity contribution is -0.122. The van der Waals surface area contributed by atoms with Crippen LogP contribution >= 0.6 is 0 Å². The van der Waals surface area contributed by atoms with Gasteiger partial charge in [-0.2, -0.15) is 0 Å². The fraction of sp³-hybridized carbons (Fsp3) is 0.929. The normalized spacial score (nSPS) is 14.9. The van der Waals surface area contributed by atoms with Crippen molar-refractivity contribution in [2.75, 3.05) is 27.2 Å². The Balaban J connectivity index is 3.93. The molecular formula is C14H31N3O. The molecule has 4 nitrogen and oxygen atoms in total. The minimum atomic E-state index is 0.159. The van der Waals surface area contributed by atoms with E-state index in [1.165, 1.54) is 0 Å². The molecule has 0 saturated heterocycles. The monoisotopic (exact) mass is 257 g/mol. The molecule has 0 spiro atoms. The van der Waals surface area contributed by atoms with E-state index >= 15 is 0 Å². The molecule has 0 bridgehead atoms. The van der Waals surface area contributed by atoms with E-state index in [4.69, 9.17) is 5.73 Å². The van der Waals surface area contributed by atoms with Crippen LogP contribution in [0, 0.1) is 11.8 Å². The summed E-state index contributed by atoms with van der Waals surface area (Å²) in [7, 11) is 4.03. The third-order valence-corrected chi connectivity index (χ3v) is 3.27. The Hall–Kier alpha value is -0.610. The first-order valence-electron chi connectivity index (χ1n) is 7.01. The molecule has 0 saturated carbocycles. The quantitative estimate of drug-likeness (QED) is 0.657. The number of hydrogen-bond acceptors (Lipinski definition) is 3. The van der Waals surface area contributed by atoms with Crippen molar-refractivity contribution in [3.8, 4) is 0 Å². The molecule has 18 heavy (non-hydrogen) atoms. The van der Waals surface area contributed by atoms with Crippen molar-refractivity contribution in [2.45, 2.75) is 46.1 Å². The standard InChI is InChI=1S/C14H31N3O/c1-11(2)13(8-9-15)6-7-14(18)16-12(3)10-17(4)5/h11-13H,6-10,15H2,1-5H3,(H,16,18). The zero-order valence-corrected chi connectivity index (χ0v) is 12.7. The van der Waals surface area contributed by atoms with E-state index in [1.807, 2.05) is 21.0 Å². The van der Waals surface area contributed by atoms with Crippen LogP contribution < -0.4 is 11.1 Å². The average Bonchev–Trinajstić information content (AvgIpc) is 2.22. The molecular weight excluding hydrogens is 226 g/mol. The molecule has 3 N–H and O–H groups in total. The van der Waals surface area contributed by atoms with Crippen molar-refractivity contribution in [1.29, 1.82) is 0 Å². The molecule has 0 radical (unpaired) electrons. The van der Waals surface area contributed by atoms with Crippen molar-refractivity contribution in [3.05, 3.63) is 0 Å². The highest BCUT2D eigenvalue weighted by molar-refractivity contribution is 5.76. The number of nitrogens with two attached hydrogens (primary N) is 1. The third-order valence-electron chi connectivity index (χ3n) is 3.27. The van der Waals surface area contributed by atoms with E-state index in [9.17, 15) is 4.79 Å². The molecule has 0 aromatic carbocycles. The van der Waals surface area contributed by atoms with E-state index in [0.29, 0.717) is 24.8 Å². The van der Waals surface area contributed by atoms with Gasteiger partial charge in [-0.15, -0.1) is 0 Å². The number of hydrogen-bond donors (Lipinski definition) is 2. The van der Waals surface area contributed by atoms with Crippen LogP contribution in [0.5, 0.6) is 0 Å². The Morgan fingerprint density at radius 1 is 1.22 bits per heavy atom. The molecule has 0 aliphatic carbocycles. The summed E-state index contributed by atoms with van der Waals surface area (Å²) in [5, 5.41) is 3.04. The summed E-state index contributed by atoms with van der Waals surface area (Å²) in [6.07, 6.45) is 2.56. The fourth-order valence-electron chi connectivity index (χ4n) is 2.28. The average molecular weight is 257 g/mol. The smallest absolute Gasteiger partial charge is 0.220 e. The molecule has 0 rings (SSSR count). The molecule has 0 aliphatic rings. The van der Waals surface area contributed by atoms with Gasteiger partial charge in [-0.05, 0) is 52.2 Å². The lowest BCUT2D eigenvalue weighted by Crippen LogP contribution is -2.39. The van der Waals surface area contributed by atoms with Gasteiger partial charge in [0.2, 0.25) is 5.91 Å². The number of nitrogens with one attached hydrogen (secondary N) is 1. The van der Waals surface area contributed by atoms with Crippen LogP contribution in [0.25, 0.3) is 0 Å². The lowest BCUT2D eigenvalue weighted by Gasteiger charge is -2.21. The van der Waals surface area contributed by atoms with Gasteiger partial charge in [0, 0.05) is 19.0 Å². The molecule has 4 heteroatoms. The van der Waals surface area contributed by atoms with Crippen molar-refractivity contribution in [2.24, 2.45) is 17.6 Å². The van der Waals surface area contributed by atoms with Gasteiger partial charge in [0.25, 0.3) is 0 Å². The second-order valence-corrected chi connectivity index (χ2v) is 5.85. The Morgan fingerprint density at radius 2 is 1.83 bits per heavy atom. The van der Waals surface area contributed by atoms with E-state index < -0.39 is 0 Å². The van der Waals surface area contributed by atoms with Crippen LogP contribution in [0.1, 0.15) is 40.0 Å². The maximum absolute atomic E-state index is 11.8. The molecule has 0 aliphatic heterocycles. The Morgan fingerprint density at radius 3 is 2.28 bits per heavy atom. The Labute approximate surface area is 112 Å². The highest BCUT2D eigenvalue weighted by atomic mass is 16.1. The summed E-state index contributed by atoms with van der Waals surface area (Å²) < 4.78 is 0. The highest BCUT2D eigenvalue weighted by Crippen LogP contribution is 2.20. The molecule has 2 unspecified atom stereocenters. The molecule has 2 atom stereocenters. The topological polar surface area (TPSA) is 58.4 Å². The van der Waals surface area contributed by atoms with Gasteiger partial charge in [-0.3, -0.25) is 4.79 Å². The SMILES string of the molecule is CC(CN(C)C)NC(=O)CCC(CCN)C(C)C. The van der Waals surface area contributed by atoms with Crippen molar-refractivity contribution in [1.82, 2.24) is 10.2 Å². The van der Waals surface area contributed by atoms with E-state index in [-0.39, 0.29) is 11.9 Å². The largest absolute Gasteiger partial charge is 0.352 e. The van der Waals surface area contributed by atoms with Crippen molar-refractivity contribution < 1.29 is 4.79 Å². The first kappa shape index (κ1) is 17.4. The van der Waals surface area contributed by atoms with Crippen LogP contribution in [-0.2, 0) is 4.79 Å². The van der Waals surface area contributed by atoms with Gasteiger partial charge in [-0.25, -0.2) is 0 Å². The maximum atomic E-state index is 11.8. The lowest BCUT2D eigenvalue weighted by atomic mass is 9.88. The van der Waals surface area contributed by atoms with Crippen LogP contribution in [-0.4, -0.2) is 44.0 Å². The maximum Gasteiger partial charge on any atom is 0.220 e. The predicted molar refractivity (Wildman–Crippen MR) is 77.4 cm³/mol. The second kappa shape index (κ2) is 9.34. The van der Waals surface area contributed by atoms with Crippen molar-refractivity contribution >= 4 is 5.91 Å². The van der Waals surface area contributed by atoms with Crippen LogP contribution in [0.2, 0.25) is 0 Å². The summed E-state index contributed by atoms with van der Waals surface area (Å²) in [6, 6.07) is 0.208. The first-order valence-corrected chi connectivity index (χ1v) is 7.01. The molecule has 0 aromatic heterocycles. The van der Waals surface area contributed by atoms with Gasteiger partial charge < -0.3 is 16.0 Å². The van der Waals surface area contributed by atoms with E-state index in [2.05, 4.69) is 24.1 Å². The van der Waals surface area contributed by atoms with Crippen LogP contribution in [0.4, 0.5) is 0 Å². The molecule has 1 amide bonds. The van der Waals surface area contributed by atoms with Gasteiger partial charge in [-0.1, -0.05) is 13.8 Å². The molecule has 0 aromatic rings. The zero-order valence-electron chi connectivity index (χ0n) is 12.7. The third kappa shape index (κ3) is 8.48. The number of carbonyl (C=O) groups excluding carboxylic acids is 1. The minimum absolute atomic E-state index is 0.159. The van der Waals surface area contributed by atoms with Crippen LogP contribution in [0.3, 0.4) is 0 Å². The summed E-state index contributed by atoms with van der Waals surface area (Å²) in [5.74, 6) is 1.32. The minimum Gasteiger partial charge on any atom is -0.352 e. The van der Waals surface area contributed by atoms with E-state index in [0.717, 1.165) is 19.4 Å². The van der Waals surface area contributed by atoms with Gasteiger partial charge >= 0.3 is 0 Å². The number of rotatable bonds is 9. The number of carbonyl (C=O) groups is 1. The Kier molecular flexibility index (Phi) is 9.02. The molecule has 108 valence electrons. The fourth-order valence-corrected chi connectivity index (χ4v) is 2.28. The number of amides is 1. The van der Waals surface area contributed by atoms with E-state index in [1.54, 1.807) is 0 Å². The molecule has 0 heterocycles. The number of likely N-dealkylation sites (N-methyl/N-ethyl adjacent to an activating group) is 1. The van der Waals surface area contributed by atoms with Crippen molar-refractivity contribution in [3.63, 3.8) is 0 Å². The summed E-state index contributed by atoms with van der Waals surface area (Å²) >= 11 is 0. The summed E-state index contributed by atoms with van der Waals surface area (Å²) in [5.41, 5.74) is 5.60. The van der Waals surface area contributed by atoms with Crippen LogP contribution in [0.15, 0.2) is 0 Å². The summed E-state index contributed by atoms with van der Waals surface area (Å²) in [6.45, 7) is 8.03. The van der Waals surface area contributed by atoms with Gasteiger partial charge in [0.05, 0.1) is 0 Å². The Bertz CT molecular complexity index is 229.